The number of allylic oxidation sites excluding steroid dienone is 1. The normalized spacial score (nSPS) is 13.8. The zero-order valence-electron chi connectivity index (χ0n) is 9.60. The zero-order chi connectivity index (χ0) is 12.4. The van der Waals surface area contributed by atoms with Crippen molar-refractivity contribution in [3.8, 4) is 0 Å². The van der Waals surface area contributed by atoms with E-state index >= 15 is 0 Å². The van der Waals surface area contributed by atoms with E-state index < -0.39 is 0 Å². The molecule has 1 aromatic rings. The average molecular weight is 231 g/mol. The summed E-state index contributed by atoms with van der Waals surface area (Å²) in [5.74, 6) is 0.0634. The average Bonchev–Trinajstić information content (AvgIpc) is 2.54. The van der Waals surface area contributed by atoms with E-state index in [4.69, 9.17) is 4.74 Å². The zero-order valence-corrected chi connectivity index (χ0v) is 9.60. The van der Waals surface area contributed by atoms with E-state index in [1.807, 2.05) is 0 Å². The lowest BCUT2D eigenvalue weighted by molar-refractivity contribution is 0.0609. The third kappa shape index (κ3) is 2.06. The minimum absolute atomic E-state index is 0.249. The smallest absolute Gasteiger partial charge is 0.261 e. The van der Waals surface area contributed by atoms with E-state index in [1.165, 1.54) is 4.90 Å². The summed E-state index contributed by atoms with van der Waals surface area (Å²) in [5, 5.41) is 0. The Morgan fingerprint density at radius 1 is 1.24 bits per heavy atom. The van der Waals surface area contributed by atoms with Crippen LogP contribution in [0.5, 0.6) is 0 Å². The summed E-state index contributed by atoms with van der Waals surface area (Å²) in [7, 11) is 0. The maximum absolute atomic E-state index is 11.9. The molecule has 0 saturated heterocycles. The first-order chi connectivity index (χ1) is 8.11. The third-order valence-electron chi connectivity index (χ3n) is 2.54. The maximum atomic E-state index is 11.9. The molecule has 0 aromatic heterocycles. The first-order valence-corrected chi connectivity index (χ1v) is 5.35. The number of imide groups is 1. The Balaban J connectivity index is 2.11. The van der Waals surface area contributed by atoms with Gasteiger partial charge in [0.1, 0.15) is 6.61 Å². The van der Waals surface area contributed by atoms with Crippen molar-refractivity contribution in [1.29, 1.82) is 0 Å². The number of nitrogens with zero attached hydrogens (tertiary/aromatic N) is 1. The fourth-order valence-electron chi connectivity index (χ4n) is 1.75. The van der Waals surface area contributed by atoms with Crippen LogP contribution in [0.3, 0.4) is 0 Å². The Kier molecular flexibility index (Phi) is 2.95. The number of carbonyl (C=O) groups excluding carboxylic acids is 2. The van der Waals surface area contributed by atoms with Crippen LogP contribution in [0.1, 0.15) is 27.6 Å². The Labute approximate surface area is 99.5 Å². The van der Waals surface area contributed by atoms with Crippen LogP contribution in [-0.4, -0.2) is 29.9 Å². The summed E-state index contributed by atoms with van der Waals surface area (Å²) in [6, 6.07) is 6.82. The molecule has 0 atom stereocenters. The van der Waals surface area contributed by atoms with Crippen LogP contribution in [0.4, 0.5) is 0 Å². The second-order valence-electron chi connectivity index (χ2n) is 3.86. The maximum Gasteiger partial charge on any atom is 0.261 e. The Bertz CT molecular complexity index is 458. The predicted molar refractivity (Wildman–Crippen MR) is 62.6 cm³/mol. The van der Waals surface area contributed by atoms with Crippen LogP contribution in [0.15, 0.2) is 36.6 Å². The number of fused-ring (bicyclic) bond motifs is 1. The molecule has 0 bridgehead atoms. The van der Waals surface area contributed by atoms with Crippen LogP contribution < -0.4 is 0 Å². The quantitative estimate of drug-likeness (QED) is 0.586. The molecule has 0 aliphatic carbocycles. The number of carbonyl (C=O) groups is 2. The van der Waals surface area contributed by atoms with Gasteiger partial charge in [-0.3, -0.25) is 14.5 Å². The number of hydrogen-bond donors (Lipinski definition) is 0. The van der Waals surface area contributed by atoms with E-state index in [2.05, 4.69) is 6.58 Å². The van der Waals surface area contributed by atoms with Crippen molar-refractivity contribution in [3.63, 3.8) is 0 Å². The van der Waals surface area contributed by atoms with E-state index in [9.17, 15) is 9.59 Å². The summed E-state index contributed by atoms with van der Waals surface area (Å²) in [4.78, 5) is 25.0. The van der Waals surface area contributed by atoms with Crippen LogP contribution in [-0.2, 0) is 4.74 Å². The van der Waals surface area contributed by atoms with Crippen molar-refractivity contribution in [1.82, 2.24) is 4.90 Å². The van der Waals surface area contributed by atoms with Gasteiger partial charge in [0.25, 0.3) is 11.8 Å². The summed E-state index contributed by atoms with van der Waals surface area (Å²) in [6.45, 7) is 5.84. The molecule has 0 radical (unpaired) electrons. The molecule has 1 aliphatic rings. The first kappa shape index (κ1) is 11.4. The highest BCUT2D eigenvalue weighted by Crippen LogP contribution is 2.21. The molecule has 0 N–H and O–H groups in total. The Hall–Kier alpha value is -2.10. The van der Waals surface area contributed by atoms with E-state index in [-0.39, 0.29) is 25.0 Å². The van der Waals surface area contributed by atoms with Crippen molar-refractivity contribution in [2.45, 2.75) is 6.92 Å². The standard InChI is InChI=1S/C13H13NO3/c1-9(2)17-8-7-14-12(15)10-5-3-4-6-11(10)13(14)16/h3-6H,1,7-8H2,2H3. The SMILES string of the molecule is C=C(C)OCCN1C(=O)c2ccccc2C1=O. The largest absolute Gasteiger partial charge is 0.497 e. The van der Waals surface area contributed by atoms with Gasteiger partial charge in [0.2, 0.25) is 0 Å². The fraction of sp³-hybridized carbons (Fsp3) is 0.231. The number of ether oxygens (including phenoxy) is 1. The molecule has 2 amide bonds. The minimum atomic E-state index is -0.254. The van der Waals surface area contributed by atoms with Crippen LogP contribution in [0, 0.1) is 0 Å². The van der Waals surface area contributed by atoms with Crippen molar-refractivity contribution >= 4 is 11.8 Å². The van der Waals surface area contributed by atoms with Gasteiger partial charge in [-0.25, -0.2) is 0 Å². The molecule has 1 aromatic carbocycles. The van der Waals surface area contributed by atoms with Gasteiger partial charge in [-0.05, 0) is 19.1 Å². The van der Waals surface area contributed by atoms with E-state index in [1.54, 1.807) is 31.2 Å². The molecular formula is C13H13NO3. The van der Waals surface area contributed by atoms with E-state index in [0.717, 1.165) is 0 Å². The summed E-state index contributed by atoms with van der Waals surface area (Å²) in [6.07, 6.45) is 0. The van der Waals surface area contributed by atoms with Crippen LogP contribution >= 0.6 is 0 Å². The molecule has 0 saturated carbocycles. The molecule has 2 rings (SSSR count). The lowest BCUT2D eigenvalue weighted by Gasteiger charge is -2.14. The molecular weight excluding hydrogens is 218 g/mol. The highest BCUT2D eigenvalue weighted by atomic mass is 16.5. The molecule has 88 valence electrons. The molecule has 4 nitrogen and oxygen atoms in total. The van der Waals surface area contributed by atoms with Crippen molar-refractivity contribution in [3.05, 3.63) is 47.7 Å². The summed E-state index contributed by atoms with van der Waals surface area (Å²) < 4.78 is 5.16. The Morgan fingerprint density at radius 3 is 2.24 bits per heavy atom. The molecule has 0 fully saturated rings. The fourth-order valence-corrected chi connectivity index (χ4v) is 1.75. The van der Waals surface area contributed by atoms with Crippen molar-refractivity contribution < 1.29 is 14.3 Å². The number of hydrogen-bond acceptors (Lipinski definition) is 3. The van der Waals surface area contributed by atoms with Gasteiger partial charge in [0.15, 0.2) is 0 Å². The van der Waals surface area contributed by atoms with Crippen molar-refractivity contribution in [2.24, 2.45) is 0 Å². The molecule has 4 heteroatoms. The lowest BCUT2D eigenvalue weighted by atomic mass is 10.1. The van der Waals surface area contributed by atoms with Crippen molar-refractivity contribution in [2.75, 3.05) is 13.2 Å². The molecule has 0 spiro atoms. The van der Waals surface area contributed by atoms with Gasteiger partial charge >= 0.3 is 0 Å². The molecule has 1 heterocycles. The highest BCUT2D eigenvalue weighted by Gasteiger charge is 2.34. The van der Waals surface area contributed by atoms with Gasteiger partial charge < -0.3 is 4.74 Å². The topological polar surface area (TPSA) is 46.6 Å². The third-order valence-corrected chi connectivity index (χ3v) is 2.54. The number of amides is 2. The number of rotatable bonds is 4. The number of benzene rings is 1. The monoisotopic (exact) mass is 231 g/mol. The lowest BCUT2D eigenvalue weighted by Crippen LogP contribution is -2.32. The van der Waals surface area contributed by atoms with Crippen LogP contribution in [0.25, 0.3) is 0 Å². The summed E-state index contributed by atoms with van der Waals surface area (Å²) in [5.41, 5.74) is 0.931. The van der Waals surface area contributed by atoms with Gasteiger partial charge in [0, 0.05) is 0 Å². The van der Waals surface area contributed by atoms with E-state index in [0.29, 0.717) is 16.9 Å². The molecule has 17 heavy (non-hydrogen) atoms. The second-order valence-corrected chi connectivity index (χ2v) is 3.86. The highest BCUT2D eigenvalue weighted by molar-refractivity contribution is 6.21. The van der Waals surface area contributed by atoms with Gasteiger partial charge in [-0.1, -0.05) is 18.7 Å². The van der Waals surface area contributed by atoms with Gasteiger partial charge in [-0.2, -0.15) is 0 Å². The molecule has 0 unspecified atom stereocenters. The first-order valence-electron chi connectivity index (χ1n) is 5.35. The summed E-state index contributed by atoms with van der Waals surface area (Å²) >= 11 is 0. The molecule has 1 aliphatic heterocycles. The minimum Gasteiger partial charge on any atom is -0.497 e. The van der Waals surface area contributed by atoms with Gasteiger partial charge in [0.05, 0.1) is 23.4 Å². The predicted octanol–water partition coefficient (Wildman–Crippen LogP) is 1.83. The van der Waals surface area contributed by atoms with Gasteiger partial charge in [-0.15, -0.1) is 0 Å². The Morgan fingerprint density at radius 2 is 1.76 bits per heavy atom. The second kappa shape index (κ2) is 4.41. The van der Waals surface area contributed by atoms with Crippen LogP contribution in [0.2, 0.25) is 0 Å².